The fourth-order valence-corrected chi connectivity index (χ4v) is 1.23. The molecule has 16 heavy (non-hydrogen) atoms. The highest BCUT2D eigenvalue weighted by Crippen LogP contribution is 2.23. The molecule has 5 heteroatoms. The fraction of sp³-hybridized carbons (Fsp3) is 1.00. The predicted octanol–water partition coefficient (Wildman–Crippen LogP) is 0.106. The molecule has 0 aromatic rings. The van der Waals surface area contributed by atoms with E-state index in [0.717, 1.165) is 0 Å². The van der Waals surface area contributed by atoms with Crippen LogP contribution in [-0.2, 0) is 4.74 Å². The lowest BCUT2D eigenvalue weighted by Crippen LogP contribution is -2.54. The first-order chi connectivity index (χ1) is 7.57. The van der Waals surface area contributed by atoms with Gasteiger partial charge >= 0.3 is 0 Å². The van der Waals surface area contributed by atoms with Crippen LogP contribution >= 0.6 is 0 Å². The van der Waals surface area contributed by atoms with Gasteiger partial charge in [-0.25, -0.2) is 0 Å². The predicted molar refractivity (Wildman–Crippen MR) is 61.8 cm³/mol. The zero-order chi connectivity index (χ0) is 13.3. The van der Waals surface area contributed by atoms with E-state index >= 15 is 0 Å². The van der Waals surface area contributed by atoms with Gasteiger partial charge < -0.3 is 25.2 Å². The topological polar surface area (TPSA) is 90.2 Å². The maximum Gasteiger partial charge on any atom is 0.160 e. The number of hydrogen-bond acceptors (Lipinski definition) is 5. The monoisotopic (exact) mass is 238 g/mol. The van der Waals surface area contributed by atoms with Gasteiger partial charge in [0.2, 0.25) is 0 Å². The Labute approximate surface area is 97.7 Å². The summed E-state index contributed by atoms with van der Waals surface area (Å²) in [6.07, 6.45) is -4.20. The lowest BCUT2D eigenvalue weighted by molar-refractivity contribution is -0.266. The van der Waals surface area contributed by atoms with E-state index in [4.69, 9.17) is 14.9 Å². The Balaban J connectivity index is 0. The van der Waals surface area contributed by atoms with Gasteiger partial charge in [0.25, 0.3) is 0 Å². The standard InChI is InChI=1S/C7H14O5.2C2H6/c1-3-5(9)6(10)4(2-8)12-7(3)11;2*1-2/h3-11H,2H2,1H3;2*1-2H3. The molecule has 0 aromatic heterocycles. The molecule has 1 aliphatic rings. The lowest BCUT2D eigenvalue weighted by atomic mass is 9.93. The van der Waals surface area contributed by atoms with Gasteiger partial charge in [-0.1, -0.05) is 34.6 Å². The maximum absolute atomic E-state index is 9.32. The van der Waals surface area contributed by atoms with E-state index in [1.807, 2.05) is 27.7 Å². The van der Waals surface area contributed by atoms with Crippen molar-refractivity contribution in [3.63, 3.8) is 0 Å². The van der Waals surface area contributed by atoms with Gasteiger partial charge in [0.15, 0.2) is 6.29 Å². The van der Waals surface area contributed by atoms with Crippen LogP contribution in [-0.4, -0.2) is 51.6 Å². The van der Waals surface area contributed by atoms with Gasteiger partial charge in [-0.15, -0.1) is 0 Å². The lowest BCUT2D eigenvalue weighted by Gasteiger charge is -2.38. The van der Waals surface area contributed by atoms with E-state index in [1.165, 1.54) is 0 Å². The molecular weight excluding hydrogens is 212 g/mol. The van der Waals surface area contributed by atoms with Crippen molar-refractivity contribution in [2.45, 2.75) is 59.2 Å². The second-order valence-corrected chi connectivity index (χ2v) is 3.09. The molecule has 5 atom stereocenters. The first-order valence-corrected chi connectivity index (χ1v) is 5.88. The van der Waals surface area contributed by atoms with Crippen molar-refractivity contribution in [2.75, 3.05) is 6.61 Å². The number of aliphatic hydroxyl groups excluding tert-OH is 4. The van der Waals surface area contributed by atoms with Crippen LogP contribution in [0.15, 0.2) is 0 Å². The van der Waals surface area contributed by atoms with Gasteiger partial charge in [0, 0.05) is 5.92 Å². The second-order valence-electron chi connectivity index (χ2n) is 3.09. The van der Waals surface area contributed by atoms with Crippen LogP contribution in [0, 0.1) is 5.92 Å². The smallest absolute Gasteiger partial charge is 0.160 e. The van der Waals surface area contributed by atoms with Crippen molar-refractivity contribution in [3.8, 4) is 0 Å². The van der Waals surface area contributed by atoms with E-state index < -0.39 is 37.1 Å². The second kappa shape index (κ2) is 9.99. The summed E-state index contributed by atoms with van der Waals surface area (Å²) in [5.41, 5.74) is 0. The molecule has 1 aliphatic heterocycles. The Morgan fingerprint density at radius 1 is 0.938 bits per heavy atom. The molecule has 0 spiro atoms. The average molecular weight is 238 g/mol. The van der Waals surface area contributed by atoms with Crippen LogP contribution < -0.4 is 0 Å². The third-order valence-electron chi connectivity index (χ3n) is 2.21. The molecule has 0 amide bonds. The van der Waals surface area contributed by atoms with Gasteiger partial charge in [-0.05, 0) is 0 Å². The molecule has 0 aliphatic carbocycles. The molecule has 0 saturated carbocycles. The molecule has 5 nitrogen and oxygen atoms in total. The van der Waals surface area contributed by atoms with Crippen molar-refractivity contribution in [2.24, 2.45) is 5.92 Å². The Hall–Kier alpha value is -0.200. The number of ether oxygens (including phenoxy) is 1. The highest BCUT2D eigenvalue weighted by molar-refractivity contribution is 4.86. The summed E-state index contributed by atoms with van der Waals surface area (Å²) < 4.78 is 4.83. The van der Waals surface area contributed by atoms with Crippen LogP contribution in [0.2, 0.25) is 0 Å². The van der Waals surface area contributed by atoms with Gasteiger partial charge in [0.05, 0.1) is 12.7 Å². The van der Waals surface area contributed by atoms with Crippen molar-refractivity contribution in [1.29, 1.82) is 0 Å². The molecule has 0 bridgehead atoms. The average Bonchev–Trinajstić information content (AvgIpc) is 2.36. The van der Waals surface area contributed by atoms with E-state index in [9.17, 15) is 10.2 Å². The molecule has 0 aromatic carbocycles. The highest BCUT2D eigenvalue weighted by Gasteiger charge is 2.40. The first-order valence-electron chi connectivity index (χ1n) is 5.88. The molecule has 5 unspecified atom stereocenters. The fourth-order valence-electron chi connectivity index (χ4n) is 1.23. The Bertz CT molecular complexity index is 149. The summed E-state index contributed by atoms with van der Waals surface area (Å²) in [5, 5.41) is 36.4. The van der Waals surface area contributed by atoms with Crippen LogP contribution in [0.25, 0.3) is 0 Å². The van der Waals surface area contributed by atoms with Crippen LogP contribution in [0.5, 0.6) is 0 Å². The van der Waals surface area contributed by atoms with Crippen molar-refractivity contribution >= 4 is 0 Å². The van der Waals surface area contributed by atoms with Crippen molar-refractivity contribution < 1.29 is 25.2 Å². The summed E-state index contributed by atoms with van der Waals surface area (Å²) in [6.45, 7) is 9.15. The number of aliphatic hydroxyl groups is 4. The summed E-state index contributed by atoms with van der Waals surface area (Å²) in [7, 11) is 0. The third-order valence-corrected chi connectivity index (χ3v) is 2.21. The van der Waals surface area contributed by atoms with Gasteiger partial charge in [-0.2, -0.15) is 0 Å². The van der Waals surface area contributed by atoms with Crippen molar-refractivity contribution in [1.82, 2.24) is 0 Å². The molecular formula is C11H26O5. The van der Waals surface area contributed by atoms with Crippen LogP contribution in [0.4, 0.5) is 0 Å². The minimum Gasteiger partial charge on any atom is -0.394 e. The number of hydrogen-bond donors (Lipinski definition) is 4. The Morgan fingerprint density at radius 2 is 1.38 bits per heavy atom. The molecule has 1 fully saturated rings. The van der Waals surface area contributed by atoms with E-state index in [1.54, 1.807) is 6.92 Å². The van der Waals surface area contributed by atoms with Crippen molar-refractivity contribution in [3.05, 3.63) is 0 Å². The molecule has 0 radical (unpaired) electrons. The summed E-state index contributed by atoms with van der Waals surface area (Å²) >= 11 is 0. The minimum atomic E-state index is -1.13. The zero-order valence-corrected chi connectivity index (χ0v) is 10.8. The van der Waals surface area contributed by atoms with Crippen LogP contribution in [0.1, 0.15) is 34.6 Å². The summed E-state index contributed by atoms with van der Waals surface area (Å²) in [5.74, 6) is -0.539. The molecule has 4 N–H and O–H groups in total. The Kier molecular flexibility index (Phi) is 11.3. The highest BCUT2D eigenvalue weighted by atomic mass is 16.6. The Morgan fingerprint density at radius 3 is 1.75 bits per heavy atom. The first kappa shape index (κ1) is 18.2. The summed E-state index contributed by atoms with van der Waals surface area (Å²) in [4.78, 5) is 0. The van der Waals surface area contributed by atoms with E-state index in [0.29, 0.717) is 0 Å². The van der Waals surface area contributed by atoms with Gasteiger partial charge in [0.1, 0.15) is 12.2 Å². The molecule has 1 rings (SSSR count). The summed E-state index contributed by atoms with van der Waals surface area (Å²) in [6, 6.07) is 0. The maximum atomic E-state index is 9.32. The van der Waals surface area contributed by atoms with E-state index in [2.05, 4.69) is 0 Å². The van der Waals surface area contributed by atoms with Gasteiger partial charge in [-0.3, -0.25) is 0 Å². The molecule has 1 saturated heterocycles. The number of rotatable bonds is 1. The minimum absolute atomic E-state index is 0.415. The quantitative estimate of drug-likeness (QED) is 0.520. The largest absolute Gasteiger partial charge is 0.394 e. The zero-order valence-electron chi connectivity index (χ0n) is 10.8. The normalized spacial score (nSPS) is 37.7. The van der Waals surface area contributed by atoms with Crippen LogP contribution in [0.3, 0.4) is 0 Å². The van der Waals surface area contributed by atoms with E-state index in [-0.39, 0.29) is 0 Å². The molecule has 100 valence electrons. The molecule has 1 heterocycles. The third kappa shape index (κ3) is 4.76. The SMILES string of the molecule is CC.CC.CC1C(O)OC(CO)C(O)C1O.